The fourth-order valence-electron chi connectivity index (χ4n) is 3.89. The van der Waals surface area contributed by atoms with Crippen LogP contribution in [0.4, 0.5) is 0 Å². The molecule has 0 bridgehead atoms. The van der Waals surface area contributed by atoms with Crippen molar-refractivity contribution in [3.05, 3.63) is 63.0 Å². The molecule has 168 valence electrons. The first-order valence-electron chi connectivity index (χ1n) is 10.6. The van der Waals surface area contributed by atoms with Crippen LogP contribution in [0, 0.1) is 6.92 Å². The first kappa shape index (κ1) is 21.7. The Labute approximate surface area is 184 Å². The highest BCUT2D eigenvalue weighted by Gasteiger charge is 2.17. The summed E-state index contributed by atoms with van der Waals surface area (Å²) in [6, 6.07) is 8.90. The largest absolute Gasteiger partial charge is 0.872 e. The molecule has 32 heavy (non-hydrogen) atoms. The van der Waals surface area contributed by atoms with Gasteiger partial charge < -0.3 is 29.1 Å². The van der Waals surface area contributed by atoms with Gasteiger partial charge in [0.25, 0.3) is 0 Å². The van der Waals surface area contributed by atoms with Gasteiger partial charge in [-0.3, -0.25) is 4.79 Å². The third-order valence-electron chi connectivity index (χ3n) is 5.57. The van der Waals surface area contributed by atoms with E-state index in [0.29, 0.717) is 47.5 Å². The Kier molecular flexibility index (Phi) is 6.32. The lowest BCUT2D eigenvalue weighted by molar-refractivity contribution is -0.686. The standard InChI is InChI=1S/C24H25NO7/c1-3-29-22(27)9-6-17-14(2)16-5-7-19(26)18(23(16)32-24(17)28)12-25-11-15-4-8-20-21(10-15)31-13-30-20/h4-5,7-8,10,25-26H,3,6,9,11-13H2,1-2H3. The lowest BCUT2D eigenvalue weighted by Gasteiger charge is -2.16. The van der Waals surface area contributed by atoms with Crippen molar-refractivity contribution in [3.8, 4) is 17.2 Å². The van der Waals surface area contributed by atoms with Crippen molar-refractivity contribution in [2.24, 2.45) is 0 Å². The Morgan fingerprint density at radius 1 is 1.12 bits per heavy atom. The molecule has 0 aliphatic carbocycles. The summed E-state index contributed by atoms with van der Waals surface area (Å²) in [6.45, 7) is 5.03. The van der Waals surface area contributed by atoms with Gasteiger partial charge >= 0.3 is 11.6 Å². The molecule has 3 aromatic rings. The summed E-state index contributed by atoms with van der Waals surface area (Å²) in [5, 5.41) is 15.2. The van der Waals surface area contributed by atoms with Crippen LogP contribution < -0.4 is 25.5 Å². The van der Waals surface area contributed by atoms with Gasteiger partial charge in [-0.15, -0.1) is 0 Å². The number of carbonyl (C=O) groups is 1. The first-order chi connectivity index (χ1) is 15.5. The number of ether oxygens (including phenoxy) is 3. The first-order valence-corrected chi connectivity index (χ1v) is 10.6. The fraction of sp³-hybridized carbons (Fsp3) is 0.333. The van der Waals surface area contributed by atoms with E-state index in [-0.39, 0.29) is 31.4 Å². The predicted molar refractivity (Wildman–Crippen MR) is 114 cm³/mol. The molecule has 0 fully saturated rings. The minimum Gasteiger partial charge on any atom is -0.872 e. The summed E-state index contributed by atoms with van der Waals surface area (Å²) in [4.78, 5) is 24.3. The topological polar surface area (TPSA) is 115 Å². The van der Waals surface area contributed by atoms with E-state index >= 15 is 0 Å². The van der Waals surface area contributed by atoms with Crippen LogP contribution >= 0.6 is 0 Å². The second kappa shape index (κ2) is 9.32. The van der Waals surface area contributed by atoms with E-state index in [0.717, 1.165) is 16.9 Å². The Hall–Kier alpha value is -3.52. The van der Waals surface area contributed by atoms with Crippen molar-refractivity contribution in [1.82, 2.24) is 0 Å². The molecule has 1 aliphatic heterocycles. The normalized spacial score (nSPS) is 12.3. The number of benzene rings is 2. The van der Waals surface area contributed by atoms with Crippen molar-refractivity contribution in [1.29, 1.82) is 0 Å². The van der Waals surface area contributed by atoms with E-state index in [4.69, 9.17) is 18.6 Å². The van der Waals surface area contributed by atoms with Crippen LogP contribution in [0.5, 0.6) is 17.2 Å². The van der Waals surface area contributed by atoms with Gasteiger partial charge in [-0.2, -0.15) is 0 Å². The van der Waals surface area contributed by atoms with Gasteiger partial charge in [0.1, 0.15) is 18.7 Å². The quantitative estimate of drug-likeness (QED) is 0.419. The maximum Gasteiger partial charge on any atom is 0.339 e. The fourth-order valence-corrected chi connectivity index (χ4v) is 3.89. The lowest BCUT2D eigenvalue weighted by Crippen LogP contribution is -2.80. The molecule has 1 aliphatic rings. The SMILES string of the molecule is CCOC(=O)CCc1c(C)c2ccc([O-])c(C[NH2+]Cc3ccc4c(c3)OCO4)c2oc1=O. The monoisotopic (exact) mass is 439 g/mol. The maximum atomic E-state index is 12.6. The van der Waals surface area contributed by atoms with Crippen LogP contribution in [-0.4, -0.2) is 19.4 Å². The number of quaternary nitrogens is 1. The van der Waals surface area contributed by atoms with E-state index in [9.17, 15) is 14.7 Å². The van der Waals surface area contributed by atoms with E-state index < -0.39 is 5.63 Å². The molecule has 0 spiro atoms. The molecule has 8 heteroatoms. The molecule has 0 atom stereocenters. The summed E-state index contributed by atoms with van der Waals surface area (Å²) < 4.78 is 21.2. The second-order valence-electron chi connectivity index (χ2n) is 7.60. The molecule has 2 heterocycles. The van der Waals surface area contributed by atoms with Crippen LogP contribution in [0.25, 0.3) is 11.0 Å². The smallest absolute Gasteiger partial charge is 0.339 e. The number of fused-ring (bicyclic) bond motifs is 2. The van der Waals surface area contributed by atoms with Gasteiger partial charge in [-0.05, 0) is 44.0 Å². The number of carbonyl (C=O) groups excluding carboxylic acids is 1. The van der Waals surface area contributed by atoms with E-state index in [2.05, 4.69) is 0 Å². The molecule has 4 rings (SSSR count). The molecule has 0 radical (unpaired) electrons. The zero-order chi connectivity index (χ0) is 22.7. The van der Waals surface area contributed by atoms with Crippen molar-refractivity contribution in [3.63, 3.8) is 0 Å². The van der Waals surface area contributed by atoms with Crippen LogP contribution in [0.3, 0.4) is 0 Å². The number of hydrogen-bond acceptors (Lipinski definition) is 7. The van der Waals surface area contributed by atoms with Crippen LogP contribution in [0.1, 0.15) is 35.6 Å². The molecule has 0 saturated heterocycles. The number of hydrogen-bond donors (Lipinski definition) is 1. The average molecular weight is 439 g/mol. The van der Waals surface area contributed by atoms with Gasteiger partial charge in [0.2, 0.25) is 6.79 Å². The number of aryl methyl sites for hydroxylation is 1. The van der Waals surface area contributed by atoms with Crippen LogP contribution in [-0.2, 0) is 29.0 Å². The molecule has 0 unspecified atom stereocenters. The number of rotatable bonds is 8. The molecule has 2 aromatic carbocycles. The van der Waals surface area contributed by atoms with Crippen molar-refractivity contribution in [2.75, 3.05) is 13.4 Å². The van der Waals surface area contributed by atoms with Crippen LogP contribution in [0.2, 0.25) is 0 Å². The zero-order valence-corrected chi connectivity index (χ0v) is 18.1. The molecular weight excluding hydrogens is 414 g/mol. The van der Waals surface area contributed by atoms with Crippen molar-refractivity contribution >= 4 is 16.9 Å². The minimum atomic E-state index is -0.526. The molecule has 1 aromatic heterocycles. The van der Waals surface area contributed by atoms with Gasteiger partial charge in [0.15, 0.2) is 11.5 Å². The summed E-state index contributed by atoms with van der Waals surface area (Å²) in [5.74, 6) is 0.893. The van der Waals surface area contributed by atoms with E-state index in [1.165, 1.54) is 6.07 Å². The lowest BCUT2D eigenvalue weighted by atomic mass is 10.00. The third kappa shape index (κ3) is 4.40. The highest BCUT2D eigenvalue weighted by Crippen LogP contribution is 2.32. The van der Waals surface area contributed by atoms with Gasteiger partial charge in [-0.1, -0.05) is 17.9 Å². The maximum absolute atomic E-state index is 12.6. The van der Waals surface area contributed by atoms with Gasteiger partial charge in [0, 0.05) is 28.5 Å². The zero-order valence-electron chi connectivity index (χ0n) is 18.1. The molecular formula is C24H25NO7. The molecule has 0 amide bonds. The second-order valence-corrected chi connectivity index (χ2v) is 7.60. The summed E-state index contributed by atoms with van der Waals surface area (Å²) in [6.07, 6.45) is 0.328. The Bertz CT molecular complexity index is 1220. The Morgan fingerprint density at radius 2 is 1.94 bits per heavy atom. The Morgan fingerprint density at radius 3 is 2.75 bits per heavy atom. The van der Waals surface area contributed by atoms with Gasteiger partial charge in [0.05, 0.1) is 6.61 Å². The average Bonchev–Trinajstić information content (AvgIpc) is 3.23. The number of nitrogens with two attached hydrogens (primary N) is 1. The van der Waals surface area contributed by atoms with Crippen LogP contribution in [0.15, 0.2) is 39.5 Å². The Balaban J connectivity index is 1.54. The minimum absolute atomic E-state index is 0.0980. The molecule has 8 nitrogen and oxygen atoms in total. The highest BCUT2D eigenvalue weighted by molar-refractivity contribution is 5.85. The number of esters is 1. The van der Waals surface area contributed by atoms with E-state index in [1.807, 2.05) is 30.4 Å². The molecule has 0 saturated carbocycles. The predicted octanol–water partition coefficient (Wildman–Crippen LogP) is 1.66. The summed E-state index contributed by atoms with van der Waals surface area (Å²) in [7, 11) is 0. The van der Waals surface area contributed by atoms with E-state index in [1.54, 1.807) is 13.0 Å². The molecule has 2 N–H and O–H groups in total. The highest BCUT2D eigenvalue weighted by atomic mass is 16.7. The third-order valence-corrected chi connectivity index (χ3v) is 5.57. The van der Waals surface area contributed by atoms with Crippen molar-refractivity contribution < 1.29 is 33.8 Å². The van der Waals surface area contributed by atoms with Crippen molar-refractivity contribution in [2.45, 2.75) is 39.8 Å². The summed E-state index contributed by atoms with van der Waals surface area (Å²) in [5.41, 5.74) is 2.40. The summed E-state index contributed by atoms with van der Waals surface area (Å²) >= 11 is 0. The van der Waals surface area contributed by atoms with Gasteiger partial charge in [-0.25, -0.2) is 4.79 Å².